The van der Waals surface area contributed by atoms with Crippen molar-refractivity contribution in [3.8, 4) is 5.75 Å². The Labute approximate surface area is 120 Å². The quantitative estimate of drug-likeness (QED) is 0.813. The van der Waals surface area contributed by atoms with E-state index in [1.807, 2.05) is 26.8 Å². The maximum Gasteiger partial charge on any atom is 0.260 e. The summed E-state index contributed by atoms with van der Waals surface area (Å²) in [6.07, 6.45) is 0.228. The molecule has 0 aliphatic rings. The van der Waals surface area contributed by atoms with Gasteiger partial charge in [-0.2, -0.15) is 0 Å². The number of carbonyl (C=O) groups excluding carboxylic acids is 2. The number of benzene rings is 1. The number of aryl methyl sites for hydroxylation is 1. The monoisotopic (exact) mass is 277 g/mol. The fraction of sp³-hybridized carbons (Fsp3) is 0.500. The van der Waals surface area contributed by atoms with E-state index in [9.17, 15) is 9.59 Å². The molecule has 1 rings (SSSR count). The van der Waals surface area contributed by atoms with Gasteiger partial charge in [0, 0.05) is 6.04 Å². The summed E-state index contributed by atoms with van der Waals surface area (Å²) in [5, 5.41) is 2.86. The van der Waals surface area contributed by atoms with Gasteiger partial charge in [0.25, 0.3) is 5.91 Å². The first-order valence-corrected chi connectivity index (χ1v) is 6.93. The van der Waals surface area contributed by atoms with Crippen molar-refractivity contribution in [1.29, 1.82) is 0 Å². The molecular weight excluding hydrogens is 254 g/mol. The highest BCUT2D eigenvalue weighted by atomic mass is 16.5. The molecule has 0 aromatic heterocycles. The lowest BCUT2D eigenvalue weighted by Gasteiger charge is -2.19. The molecule has 4 heteroatoms. The normalized spacial score (nSPS) is 13.4. The molecule has 0 aliphatic carbocycles. The molecule has 110 valence electrons. The van der Waals surface area contributed by atoms with Crippen molar-refractivity contribution >= 4 is 11.7 Å². The van der Waals surface area contributed by atoms with Gasteiger partial charge in [0.1, 0.15) is 5.75 Å². The highest BCUT2D eigenvalue weighted by molar-refractivity contribution is 5.97. The molecule has 2 unspecified atom stereocenters. The van der Waals surface area contributed by atoms with Crippen LogP contribution in [-0.2, 0) is 4.79 Å². The molecule has 1 aromatic carbocycles. The Morgan fingerprint density at radius 1 is 1.30 bits per heavy atom. The molecule has 0 bridgehead atoms. The van der Waals surface area contributed by atoms with Crippen molar-refractivity contribution in [1.82, 2.24) is 5.32 Å². The van der Waals surface area contributed by atoms with Crippen molar-refractivity contribution < 1.29 is 14.3 Å². The molecule has 0 saturated carbocycles. The van der Waals surface area contributed by atoms with Crippen LogP contribution in [0.3, 0.4) is 0 Å². The summed E-state index contributed by atoms with van der Waals surface area (Å²) in [4.78, 5) is 23.6. The Kier molecular flexibility index (Phi) is 5.74. The van der Waals surface area contributed by atoms with Crippen molar-refractivity contribution in [3.05, 3.63) is 29.3 Å². The number of hydrogen-bond acceptors (Lipinski definition) is 3. The summed E-state index contributed by atoms with van der Waals surface area (Å²) >= 11 is 0. The van der Waals surface area contributed by atoms with Crippen molar-refractivity contribution in [2.24, 2.45) is 0 Å². The first kappa shape index (κ1) is 16.2. The van der Waals surface area contributed by atoms with E-state index in [1.54, 1.807) is 19.1 Å². The van der Waals surface area contributed by atoms with Crippen LogP contribution in [0, 0.1) is 6.92 Å². The zero-order valence-corrected chi connectivity index (χ0v) is 12.8. The third-order valence-corrected chi connectivity index (χ3v) is 3.19. The zero-order chi connectivity index (χ0) is 15.3. The van der Waals surface area contributed by atoms with E-state index in [1.165, 1.54) is 6.92 Å². The fourth-order valence-corrected chi connectivity index (χ4v) is 1.73. The summed E-state index contributed by atoms with van der Waals surface area (Å²) in [5.41, 5.74) is 1.49. The van der Waals surface area contributed by atoms with Gasteiger partial charge in [-0.15, -0.1) is 0 Å². The number of ether oxygens (including phenoxy) is 1. The van der Waals surface area contributed by atoms with Crippen LogP contribution in [0.4, 0.5) is 0 Å². The lowest BCUT2D eigenvalue weighted by Crippen LogP contribution is -2.41. The maximum absolute atomic E-state index is 11.9. The van der Waals surface area contributed by atoms with Crippen LogP contribution in [0.25, 0.3) is 0 Å². The van der Waals surface area contributed by atoms with Crippen molar-refractivity contribution in [2.45, 2.75) is 53.2 Å². The molecule has 0 aliphatic heterocycles. The molecule has 0 heterocycles. The van der Waals surface area contributed by atoms with Crippen LogP contribution in [0.2, 0.25) is 0 Å². The standard InChI is InChI=1S/C16H23NO3/c1-6-11(3)17-16(19)13(5)20-15-8-7-10(2)9-14(15)12(4)18/h7-9,11,13H,6H2,1-5H3,(H,17,19). The minimum absolute atomic E-state index is 0.0711. The minimum atomic E-state index is -0.634. The summed E-state index contributed by atoms with van der Waals surface area (Å²) in [7, 11) is 0. The summed E-state index contributed by atoms with van der Waals surface area (Å²) in [6.45, 7) is 9.03. The first-order valence-electron chi connectivity index (χ1n) is 6.93. The van der Waals surface area contributed by atoms with Crippen molar-refractivity contribution in [2.75, 3.05) is 0 Å². The number of Topliss-reactive ketones (excluding diaryl/α,β-unsaturated/α-hetero) is 1. The van der Waals surface area contributed by atoms with E-state index in [-0.39, 0.29) is 17.7 Å². The van der Waals surface area contributed by atoms with Gasteiger partial charge >= 0.3 is 0 Å². The SMILES string of the molecule is CCC(C)NC(=O)C(C)Oc1ccc(C)cc1C(C)=O. The second-order valence-electron chi connectivity index (χ2n) is 5.13. The van der Waals surface area contributed by atoms with Gasteiger partial charge in [0.05, 0.1) is 5.56 Å². The summed E-state index contributed by atoms with van der Waals surface area (Å²) in [6, 6.07) is 5.48. The Balaban J connectivity index is 2.82. The lowest BCUT2D eigenvalue weighted by atomic mass is 10.1. The van der Waals surface area contributed by atoms with Crippen LogP contribution in [0.1, 0.15) is 50.0 Å². The molecule has 4 nitrogen and oxygen atoms in total. The van der Waals surface area contributed by atoms with Crippen LogP contribution < -0.4 is 10.1 Å². The number of nitrogens with one attached hydrogen (secondary N) is 1. The fourth-order valence-electron chi connectivity index (χ4n) is 1.73. The highest BCUT2D eigenvalue weighted by Crippen LogP contribution is 2.22. The van der Waals surface area contributed by atoms with Gasteiger partial charge in [-0.3, -0.25) is 9.59 Å². The van der Waals surface area contributed by atoms with E-state index in [0.717, 1.165) is 12.0 Å². The molecule has 20 heavy (non-hydrogen) atoms. The van der Waals surface area contributed by atoms with E-state index in [2.05, 4.69) is 5.32 Å². The van der Waals surface area contributed by atoms with Gasteiger partial charge in [-0.1, -0.05) is 18.6 Å². The Morgan fingerprint density at radius 3 is 2.50 bits per heavy atom. The Hall–Kier alpha value is -1.84. The summed E-state index contributed by atoms with van der Waals surface area (Å²) < 4.78 is 5.64. The maximum atomic E-state index is 11.9. The predicted molar refractivity (Wildman–Crippen MR) is 79.2 cm³/mol. The second-order valence-corrected chi connectivity index (χ2v) is 5.13. The second kappa shape index (κ2) is 7.08. The van der Waals surface area contributed by atoms with Gasteiger partial charge in [-0.25, -0.2) is 0 Å². The molecule has 0 radical (unpaired) electrons. The molecule has 1 amide bonds. The van der Waals surface area contributed by atoms with E-state index < -0.39 is 6.10 Å². The number of ketones is 1. The van der Waals surface area contributed by atoms with Gasteiger partial charge in [0.15, 0.2) is 11.9 Å². The molecule has 0 fully saturated rings. The summed E-state index contributed by atoms with van der Waals surface area (Å²) in [5.74, 6) is 0.211. The van der Waals surface area contributed by atoms with E-state index in [4.69, 9.17) is 4.74 Å². The van der Waals surface area contributed by atoms with Crippen LogP contribution in [0.15, 0.2) is 18.2 Å². The molecule has 1 N–H and O–H groups in total. The first-order chi connectivity index (χ1) is 9.35. The zero-order valence-electron chi connectivity index (χ0n) is 12.8. The number of amides is 1. The molecule has 1 aromatic rings. The Morgan fingerprint density at radius 2 is 1.95 bits per heavy atom. The lowest BCUT2D eigenvalue weighted by molar-refractivity contribution is -0.127. The molecule has 0 spiro atoms. The predicted octanol–water partition coefficient (Wildman–Crippen LogP) is 2.88. The van der Waals surface area contributed by atoms with E-state index >= 15 is 0 Å². The topological polar surface area (TPSA) is 55.4 Å². The number of hydrogen-bond donors (Lipinski definition) is 1. The molecular formula is C16H23NO3. The minimum Gasteiger partial charge on any atom is -0.480 e. The van der Waals surface area contributed by atoms with Gasteiger partial charge in [-0.05, 0) is 46.2 Å². The molecule has 2 atom stereocenters. The third kappa shape index (κ3) is 4.37. The Bertz CT molecular complexity index is 496. The largest absolute Gasteiger partial charge is 0.480 e. The smallest absolute Gasteiger partial charge is 0.260 e. The van der Waals surface area contributed by atoms with Gasteiger partial charge in [0.2, 0.25) is 0 Å². The average Bonchev–Trinajstić information content (AvgIpc) is 2.40. The molecule has 0 saturated heterocycles. The van der Waals surface area contributed by atoms with Gasteiger partial charge < -0.3 is 10.1 Å². The number of rotatable bonds is 6. The average molecular weight is 277 g/mol. The number of carbonyl (C=O) groups is 2. The highest BCUT2D eigenvalue weighted by Gasteiger charge is 2.18. The van der Waals surface area contributed by atoms with Crippen LogP contribution >= 0.6 is 0 Å². The van der Waals surface area contributed by atoms with E-state index in [0.29, 0.717) is 11.3 Å². The van der Waals surface area contributed by atoms with Crippen molar-refractivity contribution in [3.63, 3.8) is 0 Å². The van der Waals surface area contributed by atoms with Crippen LogP contribution in [0.5, 0.6) is 5.75 Å². The van der Waals surface area contributed by atoms with Crippen LogP contribution in [-0.4, -0.2) is 23.8 Å². The third-order valence-electron chi connectivity index (χ3n) is 3.19.